The first kappa shape index (κ1) is 17.1. The van der Waals surface area contributed by atoms with Crippen molar-refractivity contribution in [2.75, 3.05) is 11.9 Å². The minimum absolute atomic E-state index is 0.619. The lowest BCUT2D eigenvalue weighted by atomic mass is 9.99. The smallest absolute Gasteiger partial charge is 0.120 e. The summed E-state index contributed by atoms with van der Waals surface area (Å²) in [4.78, 5) is 10.4. The van der Waals surface area contributed by atoms with E-state index >= 15 is 0 Å². The SMILES string of the molecule is O=CCCc1ccc(NCCCCCCC2CCCC2)cc1. The molecule has 0 aliphatic heterocycles. The second-order valence-electron chi connectivity index (χ2n) is 6.68. The Kier molecular flexibility index (Phi) is 8.08. The van der Waals surface area contributed by atoms with E-state index in [4.69, 9.17) is 0 Å². The number of nitrogens with one attached hydrogen (secondary N) is 1. The van der Waals surface area contributed by atoms with Gasteiger partial charge in [-0.25, -0.2) is 0 Å². The first-order chi connectivity index (χ1) is 10.9. The maximum absolute atomic E-state index is 10.4. The second kappa shape index (κ2) is 10.4. The van der Waals surface area contributed by atoms with Gasteiger partial charge >= 0.3 is 0 Å². The number of carbonyl (C=O) groups is 1. The van der Waals surface area contributed by atoms with Crippen molar-refractivity contribution >= 4 is 12.0 Å². The third-order valence-electron chi connectivity index (χ3n) is 4.85. The number of rotatable bonds is 11. The third-order valence-corrected chi connectivity index (χ3v) is 4.85. The molecule has 0 spiro atoms. The molecule has 0 aromatic heterocycles. The highest BCUT2D eigenvalue weighted by atomic mass is 16.1. The number of carbonyl (C=O) groups excluding carboxylic acids is 1. The van der Waals surface area contributed by atoms with Crippen LogP contribution >= 0.6 is 0 Å². The van der Waals surface area contributed by atoms with Crippen LogP contribution in [0, 0.1) is 5.92 Å². The van der Waals surface area contributed by atoms with Gasteiger partial charge in [0, 0.05) is 18.7 Å². The lowest BCUT2D eigenvalue weighted by molar-refractivity contribution is -0.107. The molecule has 1 N–H and O–H groups in total. The van der Waals surface area contributed by atoms with E-state index in [1.54, 1.807) is 0 Å². The van der Waals surface area contributed by atoms with Crippen molar-refractivity contribution in [2.45, 2.75) is 70.6 Å². The molecule has 1 aromatic carbocycles. The lowest BCUT2D eigenvalue weighted by Gasteiger charge is -2.09. The van der Waals surface area contributed by atoms with Crippen LogP contribution in [0.3, 0.4) is 0 Å². The van der Waals surface area contributed by atoms with Crippen molar-refractivity contribution in [1.29, 1.82) is 0 Å². The largest absolute Gasteiger partial charge is 0.385 e. The molecular formula is C20H31NO. The highest BCUT2D eigenvalue weighted by Crippen LogP contribution is 2.29. The zero-order valence-electron chi connectivity index (χ0n) is 13.9. The van der Waals surface area contributed by atoms with E-state index in [9.17, 15) is 4.79 Å². The van der Waals surface area contributed by atoms with Gasteiger partial charge in [-0.1, -0.05) is 63.5 Å². The van der Waals surface area contributed by atoms with Crippen LogP contribution in [-0.2, 0) is 11.2 Å². The van der Waals surface area contributed by atoms with Crippen LogP contribution in [0.15, 0.2) is 24.3 Å². The third kappa shape index (κ3) is 6.64. The zero-order valence-corrected chi connectivity index (χ0v) is 13.9. The Morgan fingerprint density at radius 1 is 1.00 bits per heavy atom. The summed E-state index contributed by atoms with van der Waals surface area (Å²) in [6, 6.07) is 8.49. The molecule has 122 valence electrons. The van der Waals surface area contributed by atoms with Crippen LogP contribution in [0.25, 0.3) is 0 Å². The van der Waals surface area contributed by atoms with Crippen LogP contribution in [0.2, 0.25) is 0 Å². The fourth-order valence-corrected chi connectivity index (χ4v) is 3.46. The number of hydrogen-bond donors (Lipinski definition) is 1. The van der Waals surface area contributed by atoms with E-state index < -0.39 is 0 Å². The number of hydrogen-bond acceptors (Lipinski definition) is 2. The quantitative estimate of drug-likeness (QED) is 0.440. The van der Waals surface area contributed by atoms with Crippen LogP contribution < -0.4 is 5.32 Å². The molecule has 2 nitrogen and oxygen atoms in total. The number of anilines is 1. The van der Waals surface area contributed by atoms with Crippen LogP contribution in [0.4, 0.5) is 5.69 Å². The fourth-order valence-electron chi connectivity index (χ4n) is 3.46. The molecule has 0 radical (unpaired) electrons. The Labute approximate surface area is 135 Å². The molecule has 1 aromatic rings. The van der Waals surface area contributed by atoms with Gasteiger partial charge in [-0.2, -0.15) is 0 Å². The average Bonchev–Trinajstić information content (AvgIpc) is 3.06. The monoisotopic (exact) mass is 301 g/mol. The maximum Gasteiger partial charge on any atom is 0.120 e. The van der Waals surface area contributed by atoms with Crippen LogP contribution in [0.5, 0.6) is 0 Å². The maximum atomic E-state index is 10.4. The number of unbranched alkanes of at least 4 members (excludes halogenated alkanes) is 3. The Morgan fingerprint density at radius 3 is 2.45 bits per heavy atom. The van der Waals surface area contributed by atoms with Crippen molar-refractivity contribution < 1.29 is 4.79 Å². The normalized spacial score (nSPS) is 15.1. The standard InChI is InChI=1S/C20H31NO/c22-17-7-11-19-12-14-20(15-13-19)21-16-6-2-1-3-8-18-9-4-5-10-18/h12-15,17-18,21H,1-11,16H2. The molecule has 0 saturated heterocycles. The molecule has 0 amide bonds. The minimum Gasteiger partial charge on any atom is -0.385 e. The Morgan fingerprint density at radius 2 is 1.73 bits per heavy atom. The predicted octanol–water partition coefficient (Wildman–Crippen LogP) is 5.37. The van der Waals surface area contributed by atoms with Crippen molar-refractivity contribution in [3.8, 4) is 0 Å². The zero-order chi connectivity index (χ0) is 15.5. The highest BCUT2D eigenvalue weighted by Gasteiger charge is 2.13. The summed E-state index contributed by atoms with van der Waals surface area (Å²) in [7, 11) is 0. The van der Waals surface area contributed by atoms with Gasteiger partial charge in [-0.05, 0) is 36.5 Å². The first-order valence-electron chi connectivity index (χ1n) is 9.15. The molecule has 0 atom stereocenters. The van der Waals surface area contributed by atoms with E-state index in [-0.39, 0.29) is 0 Å². The lowest BCUT2D eigenvalue weighted by Crippen LogP contribution is -2.01. The molecule has 0 bridgehead atoms. The number of aryl methyl sites for hydroxylation is 1. The van der Waals surface area contributed by atoms with Gasteiger partial charge in [0.05, 0.1) is 0 Å². The van der Waals surface area contributed by atoms with E-state index in [1.165, 1.54) is 69.0 Å². The van der Waals surface area contributed by atoms with Gasteiger partial charge in [0.15, 0.2) is 0 Å². The van der Waals surface area contributed by atoms with Gasteiger partial charge in [0.25, 0.3) is 0 Å². The van der Waals surface area contributed by atoms with Gasteiger partial charge in [0.1, 0.15) is 6.29 Å². The Balaban J connectivity index is 1.48. The summed E-state index contributed by atoms with van der Waals surface area (Å²) < 4.78 is 0. The first-order valence-corrected chi connectivity index (χ1v) is 9.15. The molecule has 1 aliphatic rings. The molecule has 22 heavy (non-hydrogen) atoms. The molecule has 1 fully saturated rings. The van der Waals surface area contributed by atoms with Crippen molar-refractivity contribution in [3.63, 3.8) is 0 Å². The molecule has 0 unspecified atom stereocenters. The summed E-state index contributed by atoms with van der Waals surface area (Å²) in [6.45, 7) is 1.07. The summed E-state index contributed by atoms with van der Waals surface area (Å²) in [5.41, 5.74) is 2.44. The Bertz CT molecular complexity index is 406. The van der Waals surface area contributed by atoms with E-state index in [2.05, 4.69) is 29.6 Å². The van der Waals surface area contributed by atoms with Gasteiger partial charge in [-0.3, -0.25) is 0 Å². The summed E-state index contributed by atoms with van der Waals surface area (Å²) in [5, 5.41) is 3.49. The molecule has 2 rings (SSSR count). The summed E-state index contributed by atoms with van der Waals surface area (Å²) in [6.07, 6.45) is 15.3. The van der Waals surface area contributed by atoms with Crippen molar-refractivity contribution in [2.24, 2.45) is 5.92 Å². The average molecular weight is 301 g/mol. The van der Waals surface area contributed by atoms with Crippen LogP contribution in [0.1, 0.15) is 69.8 Å². The second-order valence-corrected chi connectivity index (χ2v) is 6.68. The number of benzene rings is 1. The minimum atomic E-state index is 0.619. The van der Waals surface area contributed by atoms with Crippen molar-refractivity contribution in [1.82, 2.24) is 0 Å². The van der Waals surface area contributed by atoms with Crippen molar-refractivity contribution in [3.05, 3.63) is 29.8 Å². The predicted molar refractivity (Wildman–Crippen MR) is 94.4 cm³/mol. The van der Waals surface area contributed by atoms with E-state index in [0.29, 0.717) is 6.42 Å². The fraction of sp³-hybridized carbons (Fsp3) is 0.650. The summed E-state index contributed by atoms with van der Waals surface area (Å²) in [5.74, 6) is 1.05. The molecule has 0 heterocycles. The van der Waals surface area contributed by atoms with Gasteiger partial charge < -0.3 is 10.1 Å². The molecular weight excluding hydrogens is 270 g/mol. The molecule has 1 aliphatic carbocycles. The highest BCUT2D eigenvalue weighted by molar-refractivity contribution is 5.51. The number of aldehydes is 1. The van der Waals surface area contributed by atoms with E-state index in [1.807, 2.05) is 0 Å². The van der Waals surface area contributed by atoms with E-state index in [0.717, 1.165) is 25.2 Å². The molecule has 2 heteroatoms. The topological polar surface area (TPSA) is 29.1 Å². The van der Waals surface area contributed by atoms with Gasteiger partial charge in [0.2, 0.25) is 0 Å². The Hall–Kier alpha value is -1.31. The molecule has 1 saturated carbocycles. The summed E-state index contributed by atoms with van der Waals surface area (Å²) >= 11 is 0. The van der Waals surface area contributed by atoms with Gasteiger partial charge in [-0.15, -0.1) is 0 Å². The van der Waals surface area contributed by atoms with Crippen LogP contribution in [-0.4, -0.2) is 12.8 Å².